The SMILES string of the molecule is Cc1cc(C)c2[nH]c(=O)c(CNC(=O)OCc3ccccc3)cc2c1. The van der Waals surface area contributed by atoms with Gasteiger partial charge >= 0.3 is 6.09 Å². The van der Waals surface area contributed by atoms with Crippen molar-refractivity contribution in [2.45, 2.75) is 27.0 Å². The highest BCUT2D eigenvalue weighted by atomic mass is 16.5. The van der Waals surface area contributed by atoms with Gasteiger partial charge in [-0.2, -0.15) is 0 Å². The van der Waals surface area contributed by atoms with Gasteiger partial charge in [-0.3, -0.25) is 4.79 Å². The molecule has 0 spiro atoms. The third kappa shape index (κ3) is 4.07. The van der Waals surface area contributed by atoms with E-state index in [9.17, 15) is 9.59 Å². The summed E-state index contributed by atoms with van der Waals surface area (Å²) in [6.07, 6.45) is -0.552. The van der Waals surface area contributed by atoms with E-state index in [1.54, 1.807) is 0 Å². The number of aromatic nitrogens is 1. The molecule has 0 fully saturated rings. The second kappa shape index (κ2) is 7.21. The highest BCUT2D eigenvalue weighted by molar-refractivity contribution is 5.83. The Morgan fingerprint density at radius 1 is 1.12 bits per heavy atom. The first-order valence-corrected chi connectivity index (χ1v) is 8.10. The fraction of sp³-hybridized carbons (Fsp3) is 0.200. The van der Waals surface area contributed by atoms with Crippen molar-refractivity contribution in [1.29, 1.82) is 0 Å². The van der Waals surface area contributed by atoms with Crippen molar-refractivity contribution < 1.29 is 9.53 Å². The lowest BCUT2D eigenvalue weighted by atomic mass is 10.1. The van der Waals surface area contributed by atoms with Gasteiger partial charge in [-0.15, -0.1) is 0 Å². The van der Waals surface area contributed by atoms with Crippen LogP contribution in [-0.2, 0) is 17.9 Å². The van der Waals surface area contributed by atoms with Crippen molar-refractivity contribution in [1.82, 2.24) is 10.3 Å². The van der Waals surface area contributed by atoms with E-state index >= 15 is 0 Å². The topological polar surface area (TPSA) is 71.2 Å². The maximum absolute atomic E-state index is 12.2. The lowest BCUT2D eigenvalue weighted by Gasteiger charge is -2.09. The average molecular weight is 336 g/mol. The Kier molecular flexibility index (Phi) is 4.84. The molecule has 0 aliphatic carbocycles. The van der Waals surface area contributed by atoms with Crippen LogP contribution in [0.1, 0.15) is 22.3 Å². The van der Waals surface area contributed by atoms with Crippen LogP contribution in [0, 0.1) is 13.8 Å². The van der Waals surface area contributed by atoms with Gasteiger partial charge in [0, 0.05) is 5.56 Å². The van der Waals surface area contributed by atoms with E-state index in [2.05, 4.69) is 10.3 Å². The summed E-state index contributed by atoms with van der Waals surface area (Å²) < 4.78 is 5.15. The minimum absolute atomic E-state index is 0.117. The standard InChI is InChI=1S/C20H20N2O3/c1-13-8-14(2)18-16(9-13)10-17(19(23)22-18)11-21-20(24)25-12-15-6-4-3-5-7-15/h3-10H,11-12H2,1-2H3,(H,21,24)(H,22,23). The lowest BCUT2D eigenvalue weighted by molar-refractivity contribution is 0.139. The number of rotatable bonds is 4. The van der Waals surface area contributed by atoms with Crippen molar-refractivity contribution in [3.8, 4) is 0 Å². The molecule has 2 N–H and O–H groups in total. The van der Waals surface area contributed by atoms with Gasteiger partial charge in [-0.25, -0.2) is 4.79 Å². The molecule has 2 aromatic carbocycles. The van der Waals surface area contributed by atoms with Crippen LogP contribution in [0.3, 0.4) is 0 Å². The third-order valence-electron chi connectivity index (χ3n) is 4.01. The molecular weight excluding hydrogens is 316 g/mol. The smallest absolute Gasteiger partial charge is 0.407 e. The minimum Gasteiger partial charge on any atom is -0.445 e. The second-order valence-electron chi connectivity index (χ2n) is 6.09. The number of H-pyrrole nitrogens is 1. The molecule has 0 saturated heterocycles. The van der Waals surface area contributed by atoms with E-state index in [0.717, 1.165) is 27.6 Å². The first-order valence-electron chi connectivity index (χ1n) is 8.10. The number of carbonyl (C=O) groups excluding carboxylic acids is 1. The quantitative estimate of drug-likeness (QED) is 0.765. The Bertz CT molecular complexity index is 962. The van der Waals surface area contributed by atoms with Crippen LogP contribution in [0.2, 0.25) is 0 Å². The second-order valence-corrected chi connectivity index (χ2v) is 6.09. The first-order chi connectivity index (χ1) is 12.0. The monoisotopic (exact) mass is 336 g/mol. The molecule has 1 aromatic heterocycles. The molecule has 1 heterocycles. The van der Waals surface area contributed by atoms with Crippen molar-refractivity contribution in [2.75, 3.05) is 0 Å². The van der Waals surface area contributed by atoms with Crippen LogP contribution < -0.4 is 10.9 Å². The fourth-order valence-corrected chi connectivity index (χ4v) is 2.80. The molecule has 0 bridgehead atoms. The largest absolute Gasteiger partial charge is 0.445 e. The van der Waals surface area contributed by atoms with Crippen molar-refractivity contribution >= 4 is 17.0 Å². The van der Waals surface area contributed by atoms with Gasteiger partial charge in [-0.1, -0.05) is 42.0 Å². The molecular formula is C20H20N2O3. The molecule has 0 atom stereocenters. The van der Waals surface area contributed by atoms with Crippen molar-refractivity contribution in [3.63, 3.8) is 0 Å². The van der Waals surface area contributed by atoms with Crippen LogP contribution in [0.5, 0.6) is 0 Å². The number of carbonyl (C=O) groups is 1. The zero-order valence-corrected chi connectivity index (χ0v) is 14.3. The predicted octanol–water partition coefficient (Wildman–Crippen LogP) is 3.57. The molecule has 0 radical (unpaired) electrons. The number of pyridine rings is 1. The Morgan fingerprint density at radius 2 is 1.88 bits per heavy atom. The lowest BCUT2D eigenvalue weighted by Crippen LogP contribution is -2.27. The van der Waals surface area contributed by atoms with Crippen molar-refractivity contribution in [3.05, 3.63) is 81.1 Å². The maximum Gasteiger partial charge on any atom is 0.407 e. The summed E-state index contributed by atoms with van der Waals surface area (Å²) in [6.45, 7) is 4.28. The summed E-state index contributed by atoms with van der Waals surface area (Å²) in [4.78, 5) is 26.9. The molecule has 1 amide bonds. The summed E-state index contributed by atoms with van der Waals surface area (Å²) >= 11 is 0. The predicted molar refractivity (Wildman–Crippen MR) is 97.5 cm³/mol. The highest BCUT2D eigenvalue weighted by Crippen LogP contribution is 2.17. The Labute approximate surface area is 145 Å². The molecule has 3 rings (SSSR count). The number of aromatic amines is 1. The minimum atomic E-state index is -0.552. The van der Waals surface area contributed by atoms with E-state index in [4.69, 9.17) is 4.74 Å². The Hall–Kier alpha value is -3.08. The molecule has 5 nitrogen and oxygen atoms in total. The van der Waals surface area contributed by atoms with Gasteiger partial charge in [0.2, 0.25) is 0 Å². The number of aryl methyl sites for hydroxylation is 2. The van der Waals surface area contributed by atoms with Gasteiger partial charge in [0.05, 0.1) is 12.1 Å². The summed E-state index contributed by atoms with van der Waals surface area (Å²) in [5.41, 5.74) is 4.17. The maximum atomic E-state index is 12.2. The number of hydrogen-bond acceptors (Lipinski definition) is 3. The van der Waals surface area contributed by atoms with Gasteiger partial charge in [-0.05, 0) is 42.5 Å². The van der Waals surface area contributed by atoms with E-state index in [-0.39, 0.29) is 18.7 Å². The molecule has 3 aromatic rings. The Morgan fingerprint density at radius 3 is 2.64 bits per heavy atom. The third-order valence-corrected chi connectivity index (χ3v) is 4.01. The normalized spacial score (nSPS) is 10.6. The van der Waals surface area contributed by atoms with E-state index < -0.39 is 6.09 Å². The molecule has 5 heteroatoms. The van der Waals surface area contributed by atoms with Crippen LogP contribution in [-0.4, -0.2) is 11.1 Å². The van der Waals surface area contributed by atoms with Gasteiger partial charge < -0.3 is 15.0 Å². The number of amides is 1. The zero-order chi connectivity index (χ0) is 17.8. The summed E-state index contributed by atoms with van der Waals surface area (Å²) in [5.74, 6) is 0. The molecule has 25 heavy (non-hydrogen) atoms. The number of hydrogen-bond donors (Lipinski definition) is 2. The zero-order valence-electron chi connectivity index (χ0n) is 14.3. The molecule has 0 aliphatic rings. The summed E-state index contributed by atoms with van der Waals surface area (Å²) in [6, 6.07) is 15.3. The van der Waals surface area contributed by atoms with E-state index in [1.165, 1.54) is 0 Å². The molecule has 0 aliphatic heterocycles. The van der Waals surface area contributed by atoms with Crippen LogP contribution in [0.15, 0.2) is 53.3 Å². The van der Waals surface area contributed by atoms with Gasteiger partial charge in [0.1, 0.15) is 6.61 Å². The van der Waals surface area contributed by atoms with Gasteiger partial charge in [0.25, 0.3) is 5.56 Å². The summed E-state index contributed by atoms with van der Waals surface area (Å²) in [7, 11) is 0. The number of benzene rings is 2. The van der Waals surface area contributed by atoms with E-state index in [1.807, 2.05) is 62.4 Å². The van der Waals surface area contributed by atoms with Crippen LogP contribution in [0.25, 0.3) is 10.9 Å². The average Bonchev–Trinajstić information content (AvgIpc) is 2.60. The number of alkyl carbamates (subject to hydrolysis) is 1. The number of nitrogens with one attached hydrogen (secondary N) is 2. The highest BCUT2D eigenvalue weighted by Gasteiger charge is 2.08. The molecule has 0 unspecified atom stereocenters. The van der Waals surface area contributed by atoms with E-state index in [0.29, 0.717) is 5.56 Å². The van der Waals surface area contributed by atoms with Gasteiger partial charge in [0.15, 0.2) is 0 Å². The number of fused-ring (bicyclic) bond motifs is 1. The first kappa shape index (κ1) is 16.8. The van der Waals surface area contributed by atoms with Crippen LogP contribution in [0.4, 0.5) is 4.79 Å². The van der Waals surface area contributed by atoms with Crippen LogP contribution >= 0.6 is 0 Å². The van der Waals surface area contributed by atoms with Crippen molar-refractivity contribution in [2.24, 2.45) is 0 Å². The number of ether oxygens (including phenoxy) is 1. The summed E-state index contributed by atoms with van der Waals surface area (Å²) in [5, 5.41) is 3.57. The molecule has 0 saturated carbocycles. The fourth-order valence-electron chi connectivity index (χ4n) is 2.80. The molecule has 128 valence electrons. The Balaban J connectivity index is 1.67.